The van der Waals surface area contributed by atoms with Crippen molar-refractivity contribution in [3.05, 3.63) is 35.0 Å². The maximum absolute atomic E-state index is 9.05. The van der Waals surface area contributed by atoms with Crippen molar-refractivity contribution >= 4 is 16.3 Å². The summed E-state index contributed by atoms with van der Waals surface area (Å²) in [4.78, 5) is 5.42. The van der Waals surface area contributed by atoms with Gasteiger partial charge in [-0.25, -0.2) is 4.98 Å². The van der Waals surface area contributed by atoms with Gasteiger partial charge in [0.1, 0.15) is 0 Å². The van der Waals surface area contributed by atoms with Gasteiger partial charge in [-0.3, -0.25) is 4.40 Å². The number of nitriles is 1. The molecule has 2 heterocycles. The molecule has 0 saturated carbocycles. The minimum absolute atomic E-state index is 0.337. The maximum atomic E-state index is 9.05. The van der Waals surface area contributed by atoms with Gasteiger partial charge < -0.3 is 9.47 Å². The van der Waals surface area contributed by atoms with Crippen molar-refractivity contribution in [1.29, 1.82) is 5.26 Å². The Kier molecular flexibility index (Phi) is 3.73. The highest BCUT2D eigenvalue weighted by Crippen LogP contribution is 2.35. The zero-order valence-electron chi connectivity index (χ0n) is 12.6. The Hall–Kier alpha value is -2.52. The van der Waals surface area contributed by atoms with Gasteiger partial charge in [0.05, 0.1) is 43.8 Å². The van der Waals surface area contributed by atoms with E-state index in [1.807, 2.05) is 34.9 Å². The number of hydrogen-bond acceptors (Lipinski definition) is 5. The van der Waals surface area contributed by atoms with Gasteiger partial charge in [-0.15, -0.1) is 11.3 Å². The van der Waals surface area contributed by atoms with E-state index in [1.54, 1.807) is 25.6 Å². The van der Waals surface area contributed by atoms with Gasteiger partial charge in [0.2, 0.25) is 0 Å². The van der Waals surface area contributed by atoms with Gasteiger partial charge in [0.25, 0.3) is 0 Å². The number of ether oxygens (including phenoxy) is 2. The number of hydrogen-bond donors (Lipinski definition) is 0. The number of fused-ring (bicyclic) bond motifs is 1. The average Bonchev–Trinajstić information content (AvgIpc) is 3.07. The Morgan fingerprint density at radius 1 is 1.27 bits per heavy atom. The first-order valence-corrected chi connectivity index (χ1v) is 7.62. The molecule has 0 spiro atoms. The fourth-order valence-electron chi connectivity index (χ4n) is 2.50. The third-order valence-electron chi connectivity index (χ3n) is 3.58. The van der Waals surface area contributed by atoms with Crippen molar-refractivity contribution in [2.45, 2.75) is 13.3 Å². The van der Waals surface area contributed by atoms with Crippen LogP contribution in [-0.4, -0.2) is 23.6 Å². The van der Waals surface area contributed by atoms with E-state index in [0.717, 1.165) is 27.6 Å². The molecule has 0 aliphatic heterocycles. The molecule has 0 N–H and O–H groups in total. The van der Waals surface area contributed by atoms with Gasteiger partial charge in [-0.2, -0.15) is 5.26 Å². The van der Waals surface area contributed by atoms with Crippen LogP contribution in [0.5, 0.6) is 11.5 Å². The molecular weight excluding hydrogens is 298 g/mol. The second kappa shape index (κ2) is 5.70. The molecule has 112 valence electrons. The number of benzene rings is 1. The van der Waals surface area contributed by atoms with Crippen molar-refractivity contribution in [2.75, 3.05) is 14.2 Å². The van der Waals surface area contributed by atoms with Crippen LogP contribution in [0.4, 0.5) is 0 Å². The molecule has 2 aromatic heterocycles. The minimum Gasteiger partial charge on any atom is -0.493 e. The molecule has 1 aromatic carbocycles. The molecule has 6 heteroatoms. The lowest BCUT2D eigenvalue weighted by Crippen LogP contribution is -1.96. The highest BCUT2D eigenvalue weighted by molar-refractivity contribution is 7.15. The van der Waals surface area contributed by atoms with E-state index in [2.05, 4.69) is 11.1 Å². The Morgan fingerprint density at radius 3 is 2.73 bits per heavy atom. The topological polar surface area (TPSA) is 59.5 Å². The van der Waals surface area contributed by atoms with Crippen LogP contribution in [0.15, 0.2) is 23.6 Å². The SMILES string of the molecule is COc1ccc(-c2csc3nc(C)c(CC#N)n23)cc1OC. The van der Waals surface area contributed by atoms with Crippen LogP contribution < -0.4 is 9.47 Å². The van der Waals surface area contributed by atoms with Crippen LogP contribution in [0.1, 0.15) is 11.4 Å². The third kappa shape index (κ3) is 2.20. The molecule has 5 nitrogen and oxygen atoms in total. The lowest BCUT2D eigenvalue weighted by atomic mass is 10.1. The molecule has 0 unspecified atom stereocenters. The molecule has 0 radical (unpaired) electrons. The second-order valence-corrected chi connectivity index (χ2v) is 5.62. The summed E-state index contributed by atoms with van der Waals surface area (Å²) in [5, 5.41) is 11.1. The van der Waals surface area contributed by atoms with Gasteiger partial charge in [0, 0.05) is 10.9 Å². The number of nitrogens with zero attached hydrogens (tertiary/aromatic N) is 3. The average molecular weight is 313 g/mol. The third-order valence-corrected chi connectivity index (χ3v) is 4.41. The number of methoxy groups -OCH3 is 2. The molecule has 0 amide bonds. The zero-order valence-corrected chi connectivity index (χ0v) is 13.4. The number of imidazole rings is 1. The van der Waals surface area contributed by atoms with Crippen LogP contribution in [0.3, 0.4) is 0 Å². The second-order valence-electron chi connectivity index (χ2n) is 4.79. The van der Waals surface area contributed by atoms with Crippen molar-refractivity contribution in [3.8, 4) is 28.8 Å². The standard InChI is InChI=1S/C16H15N3O2S/c1-10-12(6-7-17)19-13(9-22-16(19)18-10)11-4-5-14(20-2)15(8-11)21-3/h4-5,8-9H,6H2,1-3H3. The highest BCUT2D eigenvalue weighted by Gasteiger charge is 2.16. The first-order chi connectivity index (χ1) is 10.7. The summed E-state index contributed by atoms with van der Waals surface area (Å²) >= 11 is 1.56. The van der Waals surface area contributed by atoms with Crippen molar-refractivity contribution in [3.63, 3.8) is 0 Å². The highest BCUT2D eigenvalue weighted by atomic mass is 32.1. The molecule has 3 rings (SSSR count). The zero-order chi connectivity index (χ0) is 15.7. The van der Waals surface area contributed by atoms with E-state index >= 15 is 0 Å². The van der Waals surface area contributed by atoms with E-state index in [-0.39, 0.29) is 0 Å². The van der Waals surface area contributed by atoms with Gasteiger partial charge in [0.15, 0.2) is 16.5 Å². The predicted molar refractivity (Wildman–Crippen MR) is 85.7 cm³/mol. The van der Waals surface area contributed by atoms with Gasteiger partial charge in [-0.1, -0.05) is 0 Å². The summed E-state index contributed by atoms with van der Waals surface area (Å²) in [6.45, 7) is 1.94. The molecule has 0 saturated heterocycles. The molecule has 0 aliphatic carbocycles. The van der Waals surface area contributed by atoms with Crippen LogP contribution in [0.25, 0.3) is 16.2 Å². The van der Waals surface area contributed by atoms with E-state index < -0.39 is 0 Å². The number of thiazole rings is 1. The van der Waals surface area contributed by atoms with Crippen molar-refractivity contribution in [1.82, 2.24) is 9.38 Å². The molecular formula is C16H15N3O2S. The largest absolute Gasteiger partial charge is 0.493 e. The molecule has 0 atom stereocenters. The summed E-state index contributed by atoms with van der Waals surface area (Å²) in [5.74, 6) is 1.37. The first kappa shape index (κ1) is 14.4. The predicted octanol–water partition coefficient (Wildman–Crippen LogP) is 3.45. The molecule has 22 heavy (non-hydrogen) atoms. The summed E-state index contributed by atoms with van der Waals surface area (Å²) < 4.78 is 12.7. The number of rotatable bonds is 4. The molecule has 3 aromatic rings. The first-order valence-electron chi connectivity index (χ1n) is 6.74. The number of aryl methyl sites for hydroxylation is 1. The quantitative estimate of drug-likeness (QED) is 0.740. The summed E-state index contributed by atoms with van der Waals surface area (Å²) in [5.41, 5.74) is 3.84. The van der Waals surface area contributed by atoms with Crippen LogP contribution in [-0.2, 0) is 6.42 Å². The summed E-state index contributed by atoms with van der Waals surface area (Å²) in [6.07, 6.45) is 0.337. The normalized spacial score (nSPS) is 10.6. The van der Waals surface area contributed by atoms with E-state index in [1.165, 1.54) is 0 Å². The molecule has 0 fully saturated rings. The minimum atomic E-state index is 0.337. The smallest absolute Gasteiger partial charge is 0.194 e. The lowest BCUT2D eigenvalue weighted by Gasteiger charge is -2.09. The Bertz CT molecular complexity index is 874. The van der Waals surface area contributed by atoms with Gasteiger partial charge in [-0.05, 0) is 25.1 Å². The molecule has 0 bridgehead atoms. The Morgan fingerprint density at radius 2 is 2.05 bits per heavy atom. The Labute approximate surface area is 132 Å². The summed E-state index contributed by atoms with van der Waals surface area (Å²) in [7, 11) is 3.23. The van der Waals surface area contributed by atoms with Crippen LogP contribution in [0.2, 0.25) is 0 Å². The van der Waals surface area contributed by atoms with Crippen molar-refractivity contribution < 1.29 is 9.47 Å². The van der Waals surface area contributed by atoms with Crippen LogP contribution >= 0.6 is 11.3 Å². The number of aromatic nitrogens is 2. The van der Waals surface area contributed by atoms with E-state index in [4.69, 9.17) is 14.7 Å². The fourth-order valence-corrected chi connectivity index (χ4v) is 3.46. The van der Waals surface area contributed by atoms with E-state index in [0.29, 0.717) is 17.9 Å². The summed E-state index contributed by atoms with van der Waals surface area (Å²) in [6, 6.07) is 8.01. The lowest BCUT2D eigenvalue weighted by molar-refractivity contribution is 0.355. The fraction of sp³-hybridized carbons (Fsp3) is 0.250. The van der Waals surface area contributed by atoms with Crippen LogP contribution in [0, 0.1) is 18.3 Å². The van der Waals surface area contributed by atoms with Gasteiger partial charge >= 0.3 is 0 Å². The molecule has 0 aliphatic rings. The Balaban J connectivity index is 2.20. The van der Waals surface area contributed by atoms with Crippen molar-refractivity contribution in [2.24, 2.45) is 0 Å². The maximum Gasteiger partial charge on any atom is 0.194 e. The van der Waals surface area contributed by atoms with E-state index in [9.17, 15) is 0 Å². The monoisotopic (exact) mass is 313 g/mol.